The molecule has 1 aliphatic rings. The number of carbonyl (C=O) groups excluding carboxylic acids is 1. The highest BCUT2D eigenvalue weighted by Gasteiger charge is 2.25. The quantitative estimate of drug-likeness (QED) is 0.213. The van der Waals surface area contributed by atoms with Crippen LogP contribution >= 0.6 is 0 Å². The third-order valence-electron chi connectivity index (χ3n) is 6.20. The van der Waals surface area contributed by atoms with Crippen molar-refractivity contribution < 1.29 is 23.2 Å². The van der Waals surface area contributed by atoms with Crippen LogP contribution in [0, 0.1) is 5.82 Å². The number of hydrazone groups is 1. The van der Waals surface area contributed by atoms with E-state index in [1.54, 1.807) is 31.6 Å². The molecule has 4 rings (SSSR count). The van der Waals surface area contributed by atoms with Crippen LogP contribution in [0.2, 0.25) is 0 Å². The molecule has 3 aromatic rings. The van der Waals surface area contributed by atoms with Gasteiger partial charge in [-0.3, -0.25) is 4.79 Å². The molecular weight excluding hydrogens is 503 g/mol. The van der Waals surface area contributed by atoms with Crippen LogP contribution in [0.4, 0.5) is 4.39 Å². The van der Waals surface area contributed by atoms with Crippen molar-refractivity contribution in [2.75, 3.05) is 20.0 Å². The molecule has 0 fully saturated rings. The number of fused-ring (bicyclic) bond motifs is 1. The first kappa shape index (κ1) is 27.2. The zero-order valence-corrected chi connectivity index (χ0v) is 22.5. The summed E-state index contributed by atoms with van der Waals surface area (Å²) >= 11 is -1.06. The van der Waals surface area contributed by atoms with E-state index in [1.165, 1.54) is 18.3 Å². The van der Waals surface area contributed by atoms with E-state index in [9.17, 15) is 13.7 Å². The maximum Gasteiger partial charge on any atom is 0.244 e. The summed E-state index contributed by atoms with van der Waals surface area (Å²) in [6.45, 7) is 4.34. The molecule has 0 aliphatic heterocycles. The standard InChI is InChI=1S/C30H29FN2O4S/c1-5-37-28-13-8-21(15-29(28)36-3)18-32-33-30(34)17-26-19(2)25(24-12-9-22(31)16-27(24)26)14-20-6-10-23(11-7-20)38(4)35/h6-16,18H,5,17H2,1-4H3,(H,33,34)/b25-14-,32-18+. The number of rotatable bonds is 9. The van der Waals surface area contributed by atoms with Crippen LogP contribution in [-0.2, 0) is 16.0 Å². The Kier molecular flexibility index (Phi) is 8.66. The van der Waals surface area contributed by atoms with Gasteiger partial charge in [-0.2, -0.15) is 5.10 Å². The summed E-state index contributed by atoms with van der Waals surface area (Å²) in [5.41, 5.74) is 8.32. The van der Waals surface area contributed by atoms with Gasteiger partial charge in [-0.1, -0.05) is 6.07 Å². The molecule has 0 saturated heterocycles. The van der Waals surface area contributed by atoms with E-state index in [4.69, 9.17) is 9.47 Å². The second kappa shape index (κ2) is 12.1. The maximum atomic E-state index is 14.2. The molecule has 0 aromatic heterocycles. The van der Waals surface area contributed by atoms with E-state index in [0.29, 0.717) is 23.7 Å². The van der Waals surface area contributed by atoms with Gasteiger partial charge in [-0.25, -0.2) is 9.82 Å². The van der Waals surface area contributed by atoms with Gasteiger partial charge in [0.25, 0.3) is 0 Å². The number of amides is 1. The summed E-state index contributed by atoms with van der Waals surface area (Å²) in [6, 6.07) is 17.4. The third kappa shape index (κ3) is 6.15. The lowest BCUT2D eigenvalue weighted by molar-refractivity contribution is -0.120. The van der Waals surface area contributed by atoms with Crippen LogP contribution in [0.15, 0.2) is 76.2 Å². The lowest BCUT2D eigenvalue weighted by atomic mass is 10.0. The topological polar surface area (TPSA) is 83.0 Å². The van der Waals surface area contributed by atoms with Crippen LogP contribution < -0.4 is 14.9 Å². The molecule has 0 spiro atoms. The summed E-state index contributed by atoms with van der Waals surface area (Å²) in [5, 5.41) is 4.09. The number of nitrogens with one attached hydrogen (secondary N) is 1. The molecule has 0 bridgehead atoms. The van der Waals surface area contributed by atoms with E-state index in [2.05, 4.69) is 10.5 Å². The number of methoxy groups -OCH3 is 1. The zero-order chi connectivity index (χ0) is 27.2. The Morgan fingerprint density at radius 3 is 2.47 bits per heavy atom. The molecule has 1 atom stereocenters. The summed E-state index contributed by atoms with van der Waals surface area (Å²) in [7, 11) is 1.56. The Labute approximate surface area is 225 Å². The minimum atomic E-state index is -1.06. The Hall–Kier alpha value is -3.88. The average Bonchev–Trinajstić information content (AvgIpc) is 3.15. The van der Waals surface area contributed by atoms with Gasteiger partial charge in [0.1, 0.15) is 12.1 Å². The molecule has 38 heavy (non-hydrogen) atoms. The molecule has 1 N–H and O–H groups in total. The number of nitrogens with zero attached hydrogens (tertiary/aromatic N) is 1. The predicted molar refractivity (Wildman–Crippen MR) is 150 cm³/mol. The van der Waals surface area contributed by atoms with Crippen molar-refractivity contribution in [3.8, 4) is 11.5 Å². The van der Waals surface area contributed by atoms with E-state index >= 15 is 0 Å². The number of ether oxygens (including phenoxy) is 2. The van der Waals surface area contributed by atoms with Crippen molar-refractivity contribution in [1.29, 1.82) is 0 Å². The van der Waals surface area contributed by atoms with Crippen LogP contribution in [0.1, 0.15) is 42.5 Å². The second-order valence-electron chi connectivity index (χ2n) is 8.69. The SMILES string of the molecule is CCOc1ccc(/C=N/NC(=O)CC2=C(C)/C(=C/c3ccc([S+](C)[O-])cc3)c3ccc(F)cc32)cc1OC. The van der Waals surface area contributed by atoms with Crippen LogP contribution in [-0.4, -0.2) is 36.6 Å². The molecule has 8 heteroatoms. The number of benzene rings is 3. The lowest BCUT2D eigenvalue weighted by Gasteiger charge is -2.09. The lowest BCUT2D eigenvalue weighted by Crippen LogP contribution is -2.17. The van der Waals surface area contributed by atoms with Gasteiger partial charge in [0.2, 0.25) is 5.91 Å². The summed E-state index contributed by atoms with van der Waals surface area (Å²) in [6.07, 6.45) is 5.20. The first-order chi connectivity index (χ1) is 18.3. The second-order valence-corrected chi connectivity index (χ2v) is 10.1. The Morgan fingerprint density at radius 2 is 1.79 bits per heavy atom. The van der Waals surface area contributed by atoms with Crippen LogP contribution in [0.25, 0.3) is 17.2 Å². The highest BCUT2D eigenvalue weighted by molar-refractivity contribution is 7.90. The number of halogens is 1. The first-order valence-electron chi connectivity index (χ1n) is 12.1. The Morgan fingerprint density at radius 1 is 1.05 bits per heavy atom. The van der Waals surface area contributed by atoms with Crippen LogP contribution in [0.5, 0.6) is 11.5 Å². The normalized spacial score (nSPS) is 14.6. The molecule has 6 nitrogen and oxygen atoms in total. The van der Waals surface area contributed by atoms with Gasteiger partial charge in [0, 0.05) is 0 Å². The molecule has 3 aromatic carbocycles. The predicted octanol–water partition coefficient (Wildman–Crippen LogP) is 5.84. The number of hydrogen-bond donors (Lipinski definition) is 1. The van der Waals surface area contributed by atoms with Gasteiger partial charge < -0.3 is 14.0 Å². The minimum Gasteiger partial charge on any atom is -0.612 e. The molecule has 1 amide bonds. The van der Waals surface area contributed by atoms with Crippen molar-refractivity contribution >= 4 is 40.5 Å². The number of allylic oxidation sites excluding steroid dienone is 2. The van der Waals surface area contributed by atoms with Gasteiger partial charge in [0.05, 0.1) is 26.4 Å². The largest absolute Gasteiger partial charge is 0.612 e. The molecule has 1 aliphatic carbocycles. The monoisotopic (exact) mass is 532 g/mol. The molecule has 0 radical (unpaired) electrons. The third-order valence-corrected chi connectivity index (χ3v) is 7.14. The van der Waals surface area contributed by atoms with Crippen molar-refractivity contribution in [1.82, 2.24) is 5.43 Å². The fourth-order valence-electron chi connectivity index (χ4n) is 4.32. The summed E-state index contributed by atoms with van der Waals surface area (Å²) < 4.78 is 36.8. The number of carbonyl (C=O) groups is 1. The fraction of sp³-hybridized carbons (Fsp3) is 0.200. The van der Waals surface area contributed by atoms with Crippen molar-refractivity contribution in [3.63, 3.8) is 0 Å². The molecule has 1 unspecified atom stereocenters. The van der Waals surface area contributed by atoms with Gasteiger partial charge in [-0.05, 0) is 125 Å². The van der Waals surface area contributed by atoms with Crippen molar-refractivity contribution in [2.45, 2.75) is 25.2 Å². The number of hydrogen-bond acceptors (Lipinski definition) is 5. The summed E-state index contributed by atoms with van der Waals surface area (Å²) in [4.78, 5) is 13.6. The fourth-order valence-corrected chi connectivity index (χ4v) is 4.84. The van der Waals surface area contributed by atoms with E-state index < -0.39 is 11.2 Å². The van der Waals surface area contributed by atoms with E-state index in [0.717, 1.165) is 38.3 Å². The van der Waals surface area contributed by atoms with Crippen LogP contribution in [0.3, 0.4) is 0 Å². The Bertz CT molecular complexity index is 1430. The highest BCUT2D eigenvalue weighted by atomic mass is 32.2. The maximum absolute atomic E-state index is 14.2. The van der Waals surface area contributed by atoms with Gasteiger partial charge in [0.15, 0.2) is 16.4 Å². The molecule has 196 valence electrons. The van der Waals surface area contributed by atoms with Gasteiger partial charge in [-0.15, -0.1) is 0 Å². The molecule has 0 saturated carbocycles. The van der Waals surface area contributed by atoms with Crippen molar-refractivity contribution in [2.24, 2.45) is 5.10 Å². The Balaban J connectivity index is 1.54. The smallest absolute Gasteiger partial charge is 0.244 e. The molecular formula is C30H29FN2O4S. The average molecular weight is 533 g/mol. The van der Waals surface area contributed by atoms with E-state index in [1.807, 2.05) is 50.3 Å². The van der Waals surface area contributed by atoms with E-state index in [-0.39, 0.29) is 18.1 Å². The molecule has 0 heterocycles. The van der Waals surface area contributed by atoms with Gasteiger partial charge >= 0.3 is 0 Å². The summed E-state index contributed by atoms with van der Waals surface area (Å²) in [5.74, 6) is 0.517. The zero-order valence-electron chi connectivity index (χ0n) is 21.7. The highest BCUT2D eigenvalue weighted by Crippen LogP contribution is 2.43. The first-order valence-corrected chi connectivity index (χ1v) is 13.6. The minimum absolute atomic E-state index is 0.0390. The van der Waals surface area contributed by atoms with Crippen molar-refractivity contribution in [3.05, 3.63) is 94.3 Å².